The van der Waals surface area contributed by atoms with Gasteiger partial charge < -0.3 is 5.32 Å². The van der Waals surface area contributed by atoms with E-state index in [9.17, 15) is 0 Å². The monoisotopic (exact) mass is 217 g/mol. The van der Waals surface area contributed by atoms with E-state index in [1.165, 1.54) is 49.8 Å². The van der Waals surface area contributed by atoms with Crippen molar-refractivity contribution >= 4 is 5.69 Å². The van der Waals surface area contributed by atoms with Crippen LogP contribution in [-0.4, -0.2) is 6.54 Å². The molecule has 1 fully saturated rings. The minimum atomic E-state index is 0.892. The summed E-state index contributed by atoms with van der Waals surface area (Å²) in [6.45, 7) is 3.31. The van der Waals surface area contributed by atoms with Gasteiger partial charge in [-0.1, -0.05) is 37.8 Å². The Kier molecular flexibility index (Phi) is 4.26. The lowest BCUT2D eigenvalue weighted by atomic mass is 10.0. The number of rotatable bonds is 3. The lowest BCUT2D eigenvalue weighted by Crippen LogP contribution is -2.13. The van der Waals surface area contributed by atoms with Crippen LogP contribution in [0.15, 0.2) is 24.3 Å². The molecule has 1 N–H and O–H groups in total. The van der Waals surface area contributed by atoms with Gasteiger partial charge in [-0.2, -0.15) is 0 Å². The fraction of sp³-hybridized carbons (Fsp3) is 0.600. The van der Waals surface area contributed by atoms with E-state index in [1.54, 1.807) is 0 Å². The molecule has 1 saturated carbocycles. The molecule has 0 saturated heterocycles. The molecule has 1 nitrogen and oxygen atoms in total. The van der Waals surface area contributed by atoms with Gasteiger partial charge in [0.15, 0.2) is 0 Å². The molecule has 1 aliphatic rings. The topological polar surface area (TPSA) is 12.0 Å². The summed E-state index contributed by atoms with van der Waals surface area (Å²) >= 11 is 0. The largest absolute Gasteiger partial charge is 0.385 e. The molecular weight excluding hydrogens is 194 g/mol. The van der Waals surface area contributed by atoms with Crippen LogP contribution in [0.25, 0.3) is 0 Å². The molecule has 16 heavy (non-hydrogen) atoms. The van der Waals surface area contributed by atoms with Crippen LogP contribution in [0.3, 0.4) is 0 Å². The highest BCUT2D eigenvalue weighted by Crippen LogP contribution is 2.23. The lowest BCUT2D eigenvalue weighted by Gasteiger charge is -2.15. The van der Waals surface area contributed by atoms with Crippen molar-refractivity contribution in [3.05, 3.63) is 29.8 Å². The normalized spacial score (nSPS) is 18.1. The standard InChI is InChI=1S/C15H23N/c1-13-7-6-10-15(11-13)16-12-14-8-4-2-3-5-9-14/h6-7,10-11,14,16H,2-5,8-9,12H2,1H3. The van der Waals surface area contributed by atoms with Crippen molar-refractivity contribution in [2.75, 3.05) is 11.9 Å². The zero-order valence-corrected chi connectivity index (χ0v) is 10.3. The maximum Gasteiger partial charge on any atom is 0.0342 e. The maximum absolute atomic E-state index is 3.58. The second kappa shape index (κ2) is 5.93. The molecule has 2 rings (SSSR count). The first kappa shape index (κ1) is 11.5. The predicted molar refractivity (Wildman–Crippen MR) is 70.9 cm³/mol. The van der Waals surface area contributed by atoms with Gasteiger partial charge in [0.1, 0.15) is 0 Å². The minimum absolute atomic E-state index is 0.892. The predicted octanol–water partition coefficient (Wildman–Crippen LogP) is 4.38. The zero-order chi connectivity index (χ0) is 11.2. The summed E-state index contributed by atoms with van der Waals surface area (Å²) in [5.74, 6) is 0.892. The average Bonchev–Trinajstić information content (AvgIpc) is 2.55. The van der Waals surface area contributed by atoms with Crippen molar-refractivity contribution in [3.8, 4) is 0 Å². The van der Waals surface area contributed by atoms with E-state index in [4.69, 9.17) is 0 Å². The number of hydrogen-bond donors (Lipinski definition) is 1. The van der Waals surface area contributed by atoms with Crippen molar-refractivity contribution in [1.29, 1.82) is 0 Å². The molecule has 0 spiro atoms. The molecule has 88 valence electrons. The number of benzene rings is 1. The second-order valence-electron chi connectivity index (χ2n) is 5.11. The summed E-state index contributed by atoms with van der Waals surface area (Å²) in [5.41, 5.74) is 2.62. The van der Waals surface area contributed by atoms with Gasteiger partial charge in [-0.25, -0.2) is 0 Å². The van der Waals surface area contributed by atoms with Gasteiger partial charge in [-0.15, -0.1) is 0 Å². The van der Waals surface area contributed by atoms with Crippen LogP contribution in [0.5, 0.6) is 0 Å². The van der Waals surface area contributed by atoms with Crippen LogP contribution in [0.2, 0.25) is 0 Å². The van der Waals surface area contributed by atoms with E-state index in [1.807, 2.05) is 0 Å². The fourth-order valence-corrected chi connectivity index (χ4v) is 2.59. The Hall–Kier alpha value is -0.980. The summed E-state index contributed by atoms with van der Waals surface area (Å²) in [4.78, 5) is 0. The Morgan fingerprint density at radius 2 is 1.88 bits per heavy atom. The summed E-state index contributed by atoms with van der Waals surface area (Å²) in [7, 11) is 0. The van der Waals surface area contributed by atoms with Crippen LogP contribution in [0.1, 0.15) is 44.1 Å². The third-order valence-electron chi connectivity index (χ3n) is 3.59. The Labute approximate surface area is 99.3 Å². The first-order valence-electron chi connectivity index (χ1n) is 6.65. The van der Waals surface area contributed by atoms with Crippen molar-refractivity contribution in [2.45, 2.75) is 45.4 Å². The van der Waals surface area contributed by atoms with Gasteiger partial charge in [0.25, 0.3) is 0 Å². The van der Waals surface area contributed by atoms with Crippen LogP contribution in [0, 0.1) is 12.8 Å². The molecule has 1 aromatic rings. The Morgan fingerprint density at radius 3 is 2.56 bits per heavy atom. The quantitative estimate of drug-likeness (QED) is 0.741. The third kappa shape index (κ3) is 3.55. The molecule has 1 aliphatic carbocycles. The van der Waals surface area contributed by atoms with Gasteiger partial charge in [-0.3, -0.25) is 0 Å². The first-order chi connectivity index (χ1) is 7.84. The van der Waals surface area contributed by atoms with Gasteiger partial charge in [0.2, 0.25) is 0 Å². The molecule has 0 atom stereocenters. The van der Waals surface area contributed by atoms with E-state index >= 15 is 0 Å². The van der Waals surface area contributed by atoms with Crippen molar-refractivity contribution in [1.82, 2.24) is 0 Å². The van der Waals surface area contributed by atoms with Crippen LogP contribution in [-0.2, 0) is 0 Å². The van der Waals surface area contributed by atoms with E-state index < -0.39 is 0 Å². The van der Waals surface area contributed by atoms with Crippen LogP contribution < -0.4 is 5.32 Å². The van der Waals surface area contributed by atoms with Crippen molar-refractivity contribution in [3.63, 3.8) is 0 Å². The van der Waals surface area contributed by atoms with Gasteiger partial charge >= 0.3 is 0 Å². The SMILES string of the molecule is Cc1cccc(NCC2CCCCCC2)c1. The smallest absolute Gasteiger partial charge is 0.0342 e. The van der Waals surface area contributed by atoms with Crippen molar-refractivity contribution in [2.24, 2.45) is 5.92 Å². The number of nitrogens with one attached hydrogen (secondary N) is 1. The van der Waals surface area contributed by atoms with E-state index in [0.717, 1.165) is 12.5 Å². The van der Waals surface area contributed by atoms with E-state index in [-0.39, 0.29) is 0 Å². The number of anilines is 1. The summed E-state index contributed by atoms with van der Waals surface area (Å²) < 4.78 is 0. The Balaban J connectivity index is 1.81. The molecule has 0 heterocycles. The highest BCUT2D eigenvalue weighted by atomic mass is 14.9. The summed E-state index contributed by atoms with van der Waals surface area (Å²) in [6.07, 6.45) is 8.58. The second-order valence-corrected chi connectivity index (χ2v) is 5.11. The van der Waals surface area contributed by atoms with Crippen LogP contribution >= 0.6 is 0 Å². The summed E-state index contributed by atoms with van der Waals surface area (Å²) in [6, 6.07) is 8.68. The highest BCUT2D eigenvalue weighted by Gasteiger charge is 2.11. The van der Waals surface area contributed by atoms with E-state index in [0.29, 0.717) is 0 Å². The fourth-order valence-electron chi connectivity index (χ4n) is 2.59. The highest BCUT2D eigenvalue weighted by molar-refractivity contribution is 5.45. The molecule has 1 aromatic carbocycles. The number of hydrogen-bond acceptors (Lipinski definition) is 1. The summed E-state index contributed by atoms with van der Waals surface area (Å²) in [5, 5.41) is 3.58. The van der Waals surface area contributed by atoms with E-state index in [2.05, 4.69) is 36.5 Å². The van der Waals surface area contributed by atoms with Crippen molar-refractivity contribution < 1.29 is 0 Å². The minimum Gasteiger partial charge on any atom is -0.385 e. The zero-order valence-electron chi connectivity index (χ0n) is 10.3. The molecule has 0 radical (unpaired) electrons. The molecular formula is C15H23N. The first-order valence-corrected chi connectivity index (χ1v) is 6.65. The Morgan fingerprint density at radius 1 is 1.12 bits per heavy atom. The molecule has 0 bridgehead atoms. The lowest BCUT2D eigenvalue weighted by molar-refractivity contribution is 0.483. The Bertz CT molecular complexity index is 311. The van der Waals surface area contributed by atoms with Gasteiger partial charge in [-0.05, 0) is 43.4 Å². The van der Waals surface area contributed by atoms with Crippen LogP contribution in [0.4, 0.5) is 5.69 Å². The molecule has 0 unspecified atom stereocenters. The average molecular weight is 217 g/mol. The molecule has 1 heteroatoms. The molecule has 0 aliphatic heterocycles. The molecule has 0 amide bonds. The maximum atomic E-state index is 3.58. The van der Waals surface area contributed by atoms with Gasteiger partial charge in [0.05, 0.1) is 0 Å². The van der Waals surface area contributed by atoms with Gasteiger partial charge in [0, 0.05) is 12.2 Å². The number of aryl methyl sites for hydroxylation is 1. The third-order valence-corrected chi connectivity index (χ3v) is 3.59. The molecule has 0 aromatic heterocycles.